The van der Waals surface area contributed by atoms with Crippen LogP contribution in [0.25, 0.3) is 0 Å². The number of fused-ring (bicyclic) bond motifs is 1. The molecule has 1 aliphatic rings. The van der Waals surface area contributed by atoms with E-state index in [2.05, 4.69) is 0 Å². The molecule has 1 heterocycles. The number of benzene rings is 1. The number of rotatable bonds is 4. The summed E-state index contributed by atoms with van der Waals surface area (Å²) in [6.45, 7) is 1.30. The number of aliphatic hydroxyl groups is 1. The highest BCUT2D eigenvalue weighted by Crippen LogP contribution is 2.41. The molecule has 0 spiro atoms. The Kier molecular flexibility index (Phi) is 3.51. The minimum absolute atomic E-state index is 0.178. The lowest BCUT2D eigenvalue weighted by Gasteiger charge is -2.22. The summed E-state index contributed by atoms with van der Waals surface area (Å²) in [6, 6.07) is 3.85. The Hall–Kier alpha value is -1.42. The molecule has 0 atom stereocenters. The van der Waals surface area contributed by atoms with E-state index in [1.807, 2.05) is 12.1 Å². The summed E-state index contributed by atoms with van der Waals surface area (Å²) in [7, 11) is 1.62. The molecule has 1 aromatic carbocycles. The zero-order valence-electron chi connectivity index (χ0n) is 9.36. The lowest BCUT2D eigenvalue weighted by atomic mass is 10.1. The van der Waals surface area contributed by atoms with Gasteiger partial charge in [-0.1, -0.05) is 6.07 Å². The molecule has 0 bridgehead atoms. The van der Waals surface area contributed by atoms with Crippen molar-refractivity contribution in [1.29, 1.82) is 0 Å². The van der Waals surface area contributed by atoms with Crippen LogP contribution in [0.15, 0.2) is 12.1 Å². The zero-order valence-corrected chi connectivity index (χ0v) is 9.36. The van der Waals surface area contributed by atoms with Crippen LogP contribution in [0.4, 0.5) is 0 Å². The van der Waals surface area contributed by atoms with Crippen molar-refractivity contribution >= 4 is 0 Å². The summed E-state index contributed by atoms with van der Waals surface area (Å²) in [5.74, 6) is 2.14. The minimum Gasteiger partial charge on any atom is -0.492 e. The van der Waals surface area contributed by atoms with Gasteiger partial charge in [0.1, 0.15) is 13.2 Å². The number of hydrogen-bond acceptors (Lipinski definition) is 4. The molecule has 0 amide bonds. The quantitative estimate of drug-likeness (QED) is 0.839. The Morgan fingerprint density at radius 3 is 2.88 bits per heavy atom. The lowest BCUT2D eigenvalue weighted by Crippen LogP contribution is -2.16. The fraction of sp³-hybridized carbons (Fsp3) is 0.500. The van der Waals surface area contributed by atoms with E-state index >= 15 is 0 Å². The molecule has 0 saturated heterocycles. The maximum Gasteiger partial charge on any atom is 0.203 e. The summed E-state index contributed by atoms with van der Waals surface area (Å²) in [6.07, 6.45) is 1.49. The summed E-state index contributed by atoms with van der Waals surface area (Å²) >= 11 is 0. The predicted molar refractivity (Wildman–Crippen MR) is 59.4 cm³/mol. The number of ether oxygens (including phenoxy) is 3. The third-order valence-electron chi connectivity index (χ3n) is 2.55. The molecule has 4 heteroatoms. The van der Waals surface area contributed by atoms with E-state index in [1.165, 1.54) is 0 Å². The fourth-order valence-corrected chi connectivity index (χ4v) is 1.82. The monoisotopic (exact) mass is 224 g/mol. The van der Waals surface area contributed by atoms with Gasteiger partial charge in [0.15, 0.2) is 11.5 Å². The van der Waals surface area contributed by atoms with Gasteiger partial charge in [-0.15, -0.1) is 0 Å². The summed E-state index contributed by atoms with van der Waals surface area (Å²) in [4.78, 5) is 0. The van der Waals surface area contributed by atoms with E-state index in [1.54, 1.807) is 7.11 Å². The standard InChI is InChI=1S/C12H16O4/c1-14-11-9(3-2-6-13)4-5-10-12(11)16-8-7-15-10/h4-5,13H,2-3,6-8H2,1H3. The van der Waals surface area contributed by atoms with Crippen molar-refractivity contribution in [3.05, 3.63) is 17.7 Å². The normalized spacial score (nSPS) is 13.6. The van der Waals surface area contributed by atoms with Gasteiger partial charge in [-0.2, -0.15) is 0 Å². The molecule has 2 rings (SSSR count). The van der Waals surface area contributed by atoms with Gasteiger partial charge >= 0.3 is 0 Å². The molecule has 0 fully saturated rings. The molecule has 0 saturated carbocycles. The fourth-order valence-electron chi connectivity index (χ4n) is 1.82. The van der Waals surface area contributed by atoms with Crippen LogP contribution in [-0.2, 0) is 6.42 Å². The number of hydrogen-bond donors (Lipinski definition) is 1. The summed E-state index contributed by atoms with van der Waals surface area (Å²) in [5.41, 5.74) is 1.04. The SMILES string of the molecule is COc1c(CCCO)ccc2c1OCCO2. The zero-order chi connectivity index (χ0) is 11.4. The highest BCUT2D eigenvalue weighted by molar-refractivity contribution is 5.56. The van der Waals surface area contributed by atoms with Gasteiger partial charge in [0.2, 0.25) is 5.75 Å². The van der Waals surface area contributed by atoms with Crippen molar-refractivity contribution in [1.82, 2.24) is 0 Å². The molecule has 0 unspecified atom stereocenters. The predicted octanol–water partition coefficient (Wildman–Crippen LogP) is 1.39. The Morgan fingerprint density at radius 2 is 2.12 bits per heavy atom. The largest absolute Gasteiger partial charge is 0.492 e. The van der Waals surface area contributed by atoms with E-state index in [9.17, 15) is 0 Å². The van der Waals surface area contributed by atoms with Crippen LogP contribution in [0.3, 0.4) is 0 Å². The first-order valence-corrected chi connectivity index (χ1v) is 5.43. The number of aliphatic hydroxyl groups excluding tert-OH is 1. The van der Waals surface area contributed by atoms with Gasteiger partial charge in [0.05, 0.1) is 7.11 Å². The van der Waals surface area contributed by atoms with Crippen molar-refractivity contribution in [3.8, 4) is 17.2 Å². The van der Waals surface area contributed by atoms with Crippen LogP contribution in [0.1, 0.15) is 12.0 Å². The Bertz CT molecular complexity index is 362. The average Bonchev–Trinajstić information content (AvgIpc) is 2.35. The topological polar surface area (TPSA) is 47.9 Å². The minimum atomic E-state index is 0.178. The van der Waals surface area contributed by atoms with Crippen molar-refractivity contribution in [2.24, 2.45) is 0 Å². The van der Waals surface area contributed by atoms with Crippen LogP contribution in [0.5, 0.6) is 17.2 Å². The van der Waals surface area contributed by atoms with Crippen LogP contribution in [-0.4, -0.2) is 32.0 Å². The molecule has 16 heavy (non-hydrogen) atoms. The van der Waals surface area contributed by atoms with Gasteiger partial charge < -0.3 is 19.3 Å². The van der Waals surface area contributed by atoms with E-state index < -0.39 is 0 Å². The lowest BCUT2D eigenvalue weighted by molar-refractivity contribution is 0.164. The second kappa shape index (κ2) is 5.07. The van der Waals surface area contributed by atoms with Crippen LogP contribution < -0.4 is 14.2 Å². The van der Waals surface area contributed by atoms with Crippen molar-refractivity contribution < 1.29 is 19.3 Å². The molecule has 0 radical (unpaired) electrons. The van der Waals surface area contributed by atoms with Crippen molar-refractivity contribution in [3.63, 3.8) is 0 Å². The van der Waals surface area contributed by atoms with E-state index in [-0.39, 0.29) is 6.61 Å². The highest BCUT2D eigenvalue weighted by atomic mass is 16.6. The van der Waals surface area contributed by atoms with Gasteiger partial charge in [-0.25, -0.2) is 0 Å². The summed E-state index contributed by atoms with van der Waals surface area (Å²) < 4.78 is 16.4. The molecular formula is C12H16O4. The van der Waals surface area contributed by atoms with Crippen LogP contribution in [0.2, 0.25) is 0 Å². The maximum atomic E-state index is 8.83. The number of aryl methyl sites for hydroxylation is 1. The third kappa shape index (κ3) is 2.07. The first-order valence-electron chi connectivity index (χ1n) is 5.43. The maximum absolute atomic E-state index is 8.83. The van der Waals surface area contributed by atoms with Crippen molar-refractivity contribution in [2.45, 2.75) is 12.8 Å². The smallest absolute Gasteiger partial charge is 0.203 e. The Morgan fingerprint density at radius 1 is 1.31 bits per heavy atom. The molecule has 1 N–H and O–H groups in total. The number of methoxy groups -OCH3 is 1. The molecule has 4 nitrogen and oxygen atoms in total. The van der Waals surface area contributed by atoms with Crippen LogP contribution >= 0.6 is 0 Å². The van der Waals surface area contributed by atoms with E-state index in [0.717, 1.165) is 29.9 Å². The van der Waals surface area contributed by atoms with Crippen LogP contribution in [0, 0.1) is 0 Å². The Balaban J connectivity index is 2.31. The third-order valence-corrected chi connectivity index (χ3v) is 2.55. The van der Waals surface area contributed by atoms with Gasteiger partial charge in [-0.3, -0.25) is 0 Å². The van der Waals surface area contributed by atoms with E-state index in [4.69, 9.17) is 19.3 Å². The molecule has 0 aliphatic carbocycles. The molecular weight excluding hydrogens is 208 g/mol. The Labute approximate surface area is 94.8 Å². The average molecular weight is 224 g/mol. The highest BCUT2D eigenvalue weighted by Gasteiger charge is 2.19. The second-order valence-electron chi connectivity index (χ2n) is 3.61. The molecule has 1 aliphatic heterocycles. The second-order valence-corrected chi connectivity index (χ2v) is 3.61. The van der Waals surface area contributed by atoms with E-state index in [0.29, 0.717) is 19.0 Å². The van der Waals surface area contributed by atoms with Gasteiger partial charge in [-0.05, 0) is 24.5 Å². The first-order chi connectivity index (χ1) is 7.86. The molecule has 1 aromatic rings. The summed E-state index contributed by atoms with van der Waals surface area (Å²) in [5, 5.41) is 8.83. The van der Waals surface area contributed by atoms with Crippen molar-refractivity contribution in [2.75, 3.05) is 26.9 Å². The van der Waals surface area contributed by atoms with Gasteiger partial charge in [0, 0.05) is 6.61 Å². The first kappa shape index (κ1) is 11.1. The van der Waals surface area contributed by atoms with Gasteiger partial charge in [0.25, 0.3) is 0 Å². The molecule has 0 aromatic heterocycles. The molecule has 88 valence electrons.